The summed E-state index contributed by atoms with van der Waals surface area (Å²) in [7, 11) is -3.18. The van der Waals surface area contributed by atoms with E-state index in [9.17, 15) is 8.42 Å². The summed E-state index contributed by atoms with van der Waals surface area (Å²) in [5.74, 6) is 0. The standard InChI is InChI=1S/C8H10N4O2S/c1-15(13,14)9-5-6-3-2-4-7-8(6)11-12-10-7/h2-4,9H,5H2,1H3,(H,10,11,12). The van der Waals surface area contributed by atoms with Crippen LogP contribution in [-0.4, -0.2) is 30.1 Å². The van der Waals surface area contributed by atoms with Crippen molar-refractivity contribution in [2.45, 2.75) is 6.54 Å². The molecule has 7 heteroatoms. The second-order valence-electron chi connectivity index (χ2n) is 3.22. The van der Waals surface area contributed by atoms with Crippen LogP contribution in [0.15, 0.2) is 18.2 Å². The summed E-state index contributed by atoms with van der Waals surface area (Å²) in [5, 5.41) is 10.3. The fraction of sp³-hybridized carbons (Fsp3) is 0.250. The number of hydrogen-bond acceptors (Lipinski definition) is 4. The van der Waals surface area contributed by atoms with E-state index in [1.807, 2.05) is 18.2 Å². The lowest BCUT2D eigenvalue weighted by molar-refractivity contribution is 0.588. The van der Waals surface area contributed by atoms with Crippen LogP contribution in [0.2, 0.25) is 0 Å². The van der Waals surface area contributed by atoms with Gasteiger partial charge in [0.25, 0.3) is 0 Å². The van der Waals surface area contributed by atoms with Gasteiger partial charge in [0.2, 0.25) is 10.0 Å². The van der Waals surface area contributed by atoms with Crippen molar-refractivity contribution in [3.63, 3.8) is 0 Å². The van der Waals surface area contributed by atoms with Crippen LogP contribution in [0.1, 0.15) is 5.56 Å². The average Bonchev–Trinajstić information content (AvgIpc) is 2.61. The lowest BCUT2D eigenvalue weighted by atomic mass is 10.2. The number of hydrogen-bond donors (Lipinski definition) is 2. The van der Waals surface area contributed by atoms with Gasteiger partial charge in [-0.05, 0) is 11.6 Å². The molecule has 0 atom stereocenters. The molecule has 1 aromatic heterocycles. The van der Waals surface area contributed by atoms with Crippen molar-refractivity contribution in [2.75, 3.05) is 6.26 Å². The quantitative estimate of drug-likeness (QED) is 0.771. The van der Waals surface area contributed by atoms with Crippen LogP contribution < -0.4 is 4.72 Å². The molecule has 0 bridgehead atoms. The Balaban J connectivity index is 2.32. The Labute approximate surface area is 86.7 Å². The van der Waals surface area contributed by atoms with Gasteiger partial charge in [0.05, 0.1) is 11.8 Å². The van der Waals surface area contributed by atoms with Crippen LogP contribution in [0, 0.1) is 0 Å². The molecule has 0 aliphatic rings. The van der Waals surface area contributed by atoms with Crippen molar-refractivity contribution < 1.29 is 8.42 Å². The van der Waals surface area contributed by atoms with Crippen LogP contribution in [-0.2, 0) is 16.6 Å². The van der Waals surface area contributed by atoms with Gasteiger partial charge in [-0.25, -0.2) is 13.1 Å². The summed E-state index contributed by atoms with van der Waals surface area (Å²) in [6.07, 6.45) is 1.12. The maximum Gasteiger partial charge on any atom is 0.209 e. The zero-order valence-electron chi connectivity index (χ0n) is 8.06. The van der Waals surface area contributed by atoms with Gasteiger partial charge in [-0.15, -0.1) is 5.10 Å². The number of aromatic nitrogens is 3. The number of rotatable bonds is 3. The van der Waals surface area contributed by atoms with Gasteiger partial charge in [-0.2, -0.15) is 0 Å². The molecular weight excluding hydrogens is 216 g/mol. The van der Waals surface area contributed by atoms with Crippen LogP contribution in [0.5, 0.6) is 0 Å². The highest BCUT2D eigenvalue weighted by Crippen LogP contribution is 2.13. The van der Waals surface area contributed by atoms with Gasteiger partial charge in [0.15, 0.2) is 0 Å². The Morgan fingerprint density at radius 2 is 2.27 bits per heavy atom. The molecule has 0 unspecified atom stereocenters. The third-order valence-corrected chi connectivity index (χ3v) is 2.63. The summed E-state index contributed by atoms with van der Waals surface area (Å²) in [6, 6.07) is 5.46. The summed E-state index contributed by atoms with van der Waals surface area (Å²) in [4.78, 5) is 0. The molecule has 0 aliphatic heterocycles. The number of fused-ring (bicyclic) bond motifs is 1. The van der Waals surface area contributed by atoms with E-state index in [4.69, 9.17) is 0 Å². The fourth-order valence-corrected chi connectivity index (χ4v) is 1.70. The van der Waals surface area contributed by atoms with Crippen LogP contribution in [0.25, 0.3) is 11.0 Å². The normalized spacial score (nSPS) is 12.1. The second-order valence-corrected chi connectivity index (χ2v) is 5.05. The highest BCUT2D eigenvalue weighted by Gasteiger charge is 2.06. The smallest absolute Gasteiger partial charge is 0.209 e. The lowest BCUT2D eigenvalue weighted by Gasteiger charge is -2.02. The van der Waals surface area contributed by atoms with E-state index >= 15 is 0 Å². The Morgan fingerprint density at radius 3 is 3.00 bits per heavy atom. The van der Waals surface area contributed by atoms with Gasteiger partial charge in [0.1, 0.15) is 5.52 Å². The molecular formula is C8H10N4O2S. The fourth-order valence-electron chi connectivity index (χ4n) is 1.28. The molecule has 0 aliphatic carbocycles. The summed E-state index contributed by atoms with van der Waals surface area (Å²) < 4.78 is 24.3. The molecule has 15 heavy (non-hydrogen) atoms. The molecule has 6 nitrogen and oxygen atoms in total. The number of aromatic amines is 1. The largest absolute Gasteiger partial charge is 0.258 e. The van der Waals surface area contributed by atoms with Crippen molar-refractivity contribution in [1.29, 1.82) is 0 Å². The first-order valence-corrected chi connectivity index (χ1v) is 6.19. The van der Waals surface area contributed by atoms with Gasteiger partial charge in [-0.1, -0.05) is 17.3 Å². The van der Waals surface area contributed by atoms with Crippen molar-refractivity contribution in [3.8, 4) is 0 Å². The zero-order valence-corrected chi connectivity index (χ0v) is 8.87. The topological polar surface area (TPSA) is 87.7 Å². The van der Waals surface area contributed by atoms with Crippen LogP contribution in [0.4, 0.5) is 0 Å². The monoisotopic (exact) mass is 226 g/mol. The minimum Gasteiger partial charge on any atom is -0.258 e. The first-order valence-electron chi connectivity index (χ1n) is 4.29. The van der Waals surface area contributed by atoms with Gasteiger partial charge in [0, 0.05) is 6.54 Å². The molecule has 0 fully saturated rings. The third-order valence-electron chi connectivity index (χ3n) is 1.96. The van der Waals surface area contributed by atoms with Crippen LogP contribution in [0.3, 0.4) is 0 Å². The number of nitrogens with zero attached hydrogens (tertiary/aromatic N) is 2. The third kappa shape index (κ3) is 2.31. The molecule has 0 spiro atoms. The molecule has 2 aromatic rings. The second kappa shape index (κ2) is 3.59. The maximum atomic E-state index is 10.9. The summed E-state index contributed by atoms with van der Waals surface area (Å²) in [5.41, 5.74) is 2.28. The first kappa shape index (κ1) is 10.1. The predicted molar refractivity (Wildman–Crippen MR) is 55.6 cm³/mol. The molecule has 0 radical (unpaired) electrons. The molecule has 0 saturated carbocycles. The molecule has 2 N–H and O–H groups in total. The van der Waals surface area contributed by atoms with Crippen molar-refractivity contribution in [1.82, 2.24) is 20.1 Å². The summed E-state index contributed by atoms with van der Waals surface area (Å²) in [6.45, 7) is 0.225. The lowest BCUT2D eigenvalue weighted by Crippen LogP contribution is -2.21. The molecule has 1 aromatic carbocycles. The van der Waals surface area contributed by atoms with E-state index in [1.165, 1.54) is 0 Å². The maximum absolute atomic E-state index is 10.9. The first-order chi connectivity index (χ1) is 7.06. The van der Waals surface area contributed by atoms with Gasteiger partial charge >= 0.3 is 0 Å². The number of H-pyrrole nitrogens is 1. The van der Waals surface area contributed by atoms with Gasteiger partial charge in [-0.3, -0.25) is 5.10 Å². The van der Waals surface area contributed by atoms with E-state index in [0.717, 1.165) is 17.3 Å². The number of benzene rings is 1. The van der Waals surface area contributed by atoms with E-state index in [-0.39, 0.29) is 6.54 Å². The van der Waals surface area contributed by atoms with Crippen LogP contribution >= 0.6 is 0 Å². The minimum atomic E-state index is -3.18. The Kier molecular flexibility index (Phi) is 2.41. The Morgan fingerprint density at radius 1 is 1.47 bits per heavy atom. The Bertz CT molecular complexity index is 575. The van der Waals surface area contributed by atoms with E-state index in [0.29, 0.717) is 5.52 Å². The molecule has 1 heterocycles. The van der Waals surface area contributed by atoms with E-state index in [2.05, 4.69) is 20.1 Å². The van der Waals surface area contributed by atoms with Crippen molar-refractivity contribution >= 4 is 21.1 Å². The number of sulfonamides is 1. The minimum absolute atomic E-state index is 0.225. The van der Waals surface area contributed by atoms with Crippen molar-refractivity contribution in [3.05, 3.63) is 23.8 Å². The van der Waals surface area contributed by atoms with Gasteiger partial charge < -0.3 is 0 Å². The summed E-state index contributed by atoms with van der Waals surface area (Å²) >= 11 is 0. The van der Waals surface area contributed by atoms with E-state index < -0.39 is 10.0 Å². The Hall–Kier alpha value is -1.47. The number of nitrogens with one attached hydrogen (secondary N) is 2. The molecule has 80 valence electrons. The molecule has 0 saturated heterocycles. The highest BCUT2D eigenvalue weighted by atomic mass is 32.2. The molecule has 0 amide bonds. The van der Waals surface area contributed by atoms with Crippen molar-refractivity contribution in [2.24, 2.45) is 0 Å². The highest BCUT2D eigenvalue weighted by molar-refractivity contribution is 7.88. The average molecular weight is 226 g/mol. The van der Waals surface area contributed by atoms with E-state index in [1.54, 1.807) is 0 Å². The molecule has 2 rings (SSSR count). The predicted octanol–water partition coefficient (Wildman–Crippen LogP) is 0.00710. The SMILES string of the molecule is CS(=O)(=O)NCc1cccc2[nH]nnc12. The zero-order chi connectivity index (χ0) is 10.9.